The summed E-state index contributed by atoms with van der Waals surface area (Å²) in [4.78, 5) is 0. The molecule has 96 valence electrons. The maximum atomic E-state index is 5.61. The maximum absolute atomic E-state index is 5.61. The average molecular weight is 252 g/mol. The van der Waals surface area contributed by atoms with Gasteiger partial charge in [-0.1, -0.05) is 42.5 Å². The van der Waals surface area contributed by atoms with Gasteiger partial charge in [0.15, 0.2) is 0 Å². The van der Waals surface area contributed by atoms with Gasteiger partial charge in [0, 0.05) is 0 Å². The lowest BCUT2D eigenvalue weighted by atomic mass is 10.0. The largest absolute Gasteiger partial charge is 0.468 e. The van der Waals surface area contributed by atoms with Gasteiger partial charge in [0.05, 0.1) is 12.3 Å². The number of benzene rings is 2. The van der Waals surface area contributed by atoms with Crippen molar-refractivity contribution in [1.82, 2.24) is 5.43 Å². The van der Waals surface area contributed by atoms with E-state index in [9.17, 15) is 0 Å². The van der Waals surface area contributed by atoms with Crippen LogP contribution in [0.1, 0.15) is 17.4 Å². The molecule has 0 radical (unpaired) electrons. The summed E-state index contributed by atoms with van der Waals surface area (Å²) in [6.45, 7) is 0. The van der Waals surface area contributed by atoms with Crippen LogP contribution in [-0.2, 0) is 6.42 Å². The molecule has 1 unspecified atom stereocenters. The molecule has 3 N–H and O–H groups in total. The summed E-state index contributed by atoms with van der Waals surface area (Å²) < 4.78 is 5.40. The normalized spacial score (nSPS) is 12.7. The Morgan fingerprint density at radius 1 is 1.00 bits per heavy atom. The zero-order chi connectivity index (χ0) is 13.1. The minimum atomic E-state index is -0.00355. The van der Waals surface area contributed by atoms with Crippen LogP contribution < -0.4 is 11.3 Å². The van der Waals surface area contributed by atoms with Crippen molar-refractivity contribution in [2.75, 3.05) is 0 Å². The molecule has 1 atom stereocenters. The molecule has 3 rings (SSSR count). The Hall–Kier alpha value is -2.10. The molecule has 1 heterocycles. The number of nitrogens with one attached hydrogen (secondary N) is 1. The highest BCUT2D eigenvalue weighted by Gasteiger charge is 2.13. The molecule has 0 bridgehead atoms. The summed E-state index contributed by atoms with van der Waals surface area (Å²) in [6, 6.07) is 18.6. The fourth-order valence-corrected chi connectivity index (χ4v) is 2.33. The van der Waals surface area contributed by atoms with Crippen molar-refractivity contribution in [3.05, 3.63) is 72.2 Å². The van der Waals surface area contributed by atoms with Gasteiger partial charge in [-0.25, -0.2) is 5.43 Å². The van der Waals surface area contributed by atoms with Gasteiger partial charge < -0.3 is 4.42 Å². The minimum Gasteiger partial charge on any atom is -0.468 e. The van der Waals surface area contributed by atoms with Crippen LogP contribution in [0, 0.1) is 0 Å². The second kappa shape index (κ2) is 5.26. The van der Waals surface area contributed by atoms with Crippen LogP contribution in [0.3, 0.4) is 0 Å². The Kier molecular flexibility index (Phi) is 3.31. The summed E-state index contributed by atoms with van der Waals surface area (Å²) in [7, 11) is 0. The van der Waals surface area contributed by atoms with Crippen molar-refractivity contribution in [1.29, 1.82) is 0 Å². The zero-order valence-electron chi connectivity index (χ0n) is 10.5. The first kappa shape index (κ1) is 12.0. The van der Waals surface area contributed by atoms with Crippen molar-refractivity contribution >= 4 is 10.8 Å². The SMILES string of the molecule is NNC(Cc1ccc2ccccc2c1)c1ccco1. The van der Waals surface area contributed by atoms with Crippen molar-refractivity contribution in [3.8, 4) is 0 Å². The molecule has 0 aliphatic rings. The molecule has 0 saturated heterocycles. The Morgan fingerprint density at radius 2 is 1.84 bits per heavy atom. The predicted molar refractivity (Wildman–Crippen MR) is 76.4 cm³/mol. The third kappa shape index (κ3) is 2.52. The molecule has 19 heavy (non-hydrogen) atoms. The average Bonchev–Trinajstić information content (AvgIpc) is 2.98. The van der Waals surface area contributed by atoms with Gasteiger partial charge in [-0.05, 0) is 34.9 Å². The molecule has 2 aromatic carbocycles. The Morgan fingerprint density at radius 3 is 2.58 bits per heavy atom. The van der Waals surface area contributed by atoms with E-state index in [2.05, 4.69) is 47.9 Å². The first-order chi connectivity index (χ1) is 9.36. The first-order valence-corrected chi connectivity index (χ1v) is 6.34. The lowest BCUT2D eigenvalue weighted by Crippen LogP contribution is -2.29. The highest BCUT2D eigenvalue weighted by Crippen LogP contribution is 2.21. The number of hydrazine groups is 1. The first-order valence-electron chi connectivity index (χ1n) is 6.34. The summed E-state index contributed by atoms with van der Waals surface area (Å²) in [6.07, 6.45) is 2.47. The lowest BCUT2D eigenvalue weighted by Gasteiger charge is -2.13. The number of hydrogen-bond donors (Lipinski definition) is 2. The van der Waals surface area contributed by atoms with E-state index in [4.69, 9.17) is 10.3 Å². The maximum Gasteiger partial charge on any atom is 0.122 e. The third-order valence-corrected chi connectivity index (χ3v) is 3.34. The van der Waals surface area contributed by atoms with E-state index >= 15 is 0 Å². The van der Waals surface area contributed by atoms with Crippen LogP contribution in [0.15, 0.2) is 65.3 Å². The molecule has 0 aliphatic carbocycles. The van der Waals surface area contributed by atoms with Gasteiger partial charge in [0.2, 0.25) is 0 Å². The molecule has 0 aliphatic heterocycles. The topological polar surface area (TPSA) is 51.2 Å². The van der Waals surface area contributed by atoms with E-state index in [0.29, 0.717) is 0 Å². The fourth-order valence-electron chi connectivity index (χ4n) is 2.33. The van der Waals surface area contributed by atoms with E-state index in [-0.39, 0.29) is 6.04 Å². The Bertz CT molecular complexity index is 661. The van der Waals surface area contributed by atoms with Gasteiger partial charge >= 0.3 is 0 Å². The molecule has 1 aromatic heterocycles. The molecular formula is C16H16N2O. The zero-order valence-corrected chi connectivity index (χ0v) is 10.5. The smallest absolute Gasteiger partial charge is 0.122 e. The highest BCUT2D eigenvalue weighted by atomic mass is 16.3. The van der Waals surface area contributed by atoms with Crippen LogP contribution in [0.5, 0.6) is 0 Å². The predicted octanol–water partition coefficient (Wildman–Crippen LogP) is 3.18. The van der Waals surface area contributed by atoms with Gasteiger partial charge in [-0.15, -0.1) is 0 Å². The fraction of sp³-hybridized carbons (Fsp3) is 0.125. The molecule has 0 amide bonds. The van der Waals surface area contributed by atoms with Crippen LogP contribution in [0.2, 0.25) is 0 Å². The molecular weight excluding hydrogens is 236 g/mol. The van der Waals surface area contributed by atoms with Gasteiger partial charge in [-0.3, -0.25) is 5.84 Å². The van der Waals surface area contributed by atoms with Crippen molar-refractivity contribution in [3.63, 3.8) is 0 Å². The molecule has 3 aromatic rings. The molecule has 3 heteroatoms. The molecule has 0 fully saturated rings. The highest BCUT2D eigenvalue weighted by molar-refractivity contribution is 5.82. The Labute approximate surface area is 112 Å². The summed E-state index contributed by atoms with van der Waals surface area (Å²) in [5.74, 6) is 6.47. The minimum absolute atomic E-state index is 0.00355. The molecule has 0 spiro atoms. The van der Waals surface area contributed by atoms with Crippen molar-refractivity contribution in [2.24, 2.45) is 5.84 Å². The molecule has 0 saturated carbocycles. The van der Waals surface area contributed by atoms with E-state index in [1.54, 1.807) is 6.26 Å². The number of furan rings is 1. The third-order valence-electron chi connectivity index (χ3n) is 3.34. The standard InChI is InChI=1S/C16H16N2O/c17-18-15(16-6-3-9-19-16)11-12-7-8-13-4-1-2-5-14(13)10-12/h1-10,15,18H,11,17H2. The van der Waals surface area contributed by atoms with E-state index in [1.807, 2.05) is 12.1 Å². The van der Waals surface area contributed by atoms with Crippen LogP contribution >= 0.6 is 0 Å². The van der Waals surface area contributed by atoms with Crippen LogP contribution in [-0.4, -0.2) is 0 Å². The monoisotopic (exact) mass is 252 g/mol. The summed E-state index contributed by atoms with van der Waals surface area (Å²) in [5, 5.41) is 2.50. The summed E-state index contributed by atoms with van der Waals surface area (Å²) in [5.41, 5.74) is 4.04. The number of nitrogens with two attached hydrogens (primary N) is 1. The van der Waals surface area contributed by atoms with Crippen molar-refractivity contribution < 1.29 is 4.42 Å². The second-order valence-corrected chi connectivity index (χ2v) is 4.62. The Balaban J connectivity index is 1.88. The van der Waals surface area contributed by atoms with Gasteiger partial charge in [-0.2, -0.15) is 0 Å². The second-order valence-electron chi connectivity index (χ2n) is 4.62. The van der Waals surface area contributed by atoms with Gasteiger partial charge in [0.1, 0.15) is 5.76 Å². The van der Waals surface area contributed by atoms with Gasteiger partial charge in [0.25, 0.3) is 0 Å². The number of hydrogen-bond acceptors (Lipinski definition) is 3. The number of rotatable bonds is 4. The summed E-state index contributed by atoms with van der Waals surface area (Å²) >= 11 is 0. The van der Waals surface area contributed by atoms with Crippen LogP contribution in [0.4, 0.5) is 0 Å². The van der Waals surface area contributed by atoms with E-state index < -0.39 is 0 Å². The quantitative estimate of drug-likeness (QED) is 0.554. The van der Waals surface area contributed by atoms with Crippen molar-refractivity contribution in [2.45, 2.75) is 12.5 Å². The van der Waals surface area contributed by atoms with E-state index in [0.717, 1.165) is 12.2 Å². The van der Waals surface area contributed by atoms with Crippen LogP contribution in [0.25, 0.3) is 10.8 Å². The van der Waals surface area contributed by atoms with E-state index in [1.165, 1.54) is 16.3 Å². The number of fused-ring (bicyclic) bond motifs is 1. The lowest BCUT2D eigenvalue weighted by molar-refractivity contribution is 0.416. The molecule has 3 nitrogen and oxygen atoms in total.